The second kappa shape index (κ2) is 5.61. The van der Waals surface area contributed by atoms with Gasteiger partial charge >= 0.3 is 0 Å². The van der Waals surface area contributed by atoms with Gasteiger partial charge in [0.15, 0.2) is 0 Å². The zero-order valence-electron chi connectivity index (χ0n) is 10.9. The van der Waals surface area contributed by atoms with Crippen LogP contribution in [0, 0.1) is 12.7 Å². The number of rotatable bonds is 4. The predicted octanol–water partition coefficient (Wildman–Crippen LogP) is 3.46. The van der Waals surface area contributed by atoms with Crippen molar-refractivity contribution in [3.8, 4) is 11.5 Å². The molecule has 0 saturated carbocycles. The third-order valence-electron chi connectivity index (χ3n) is 2.88. The molecule has 4 heteroatoms. The Hall–Kier alpha value is -2.23. The number of benzene rings is 2. The first-order chi connectivity index (χ1) is 9.10. The molecule has 2 aromatic carbocycles. The van der Waals surface area contributed by atoms with Crippen LogP contribution in [-0.4, -0.2) is 12.2 Å². The number of aromatic hydroxyl groups is 1. The third-order valence-corrected chi connectivity index (χ3v) is 2.88. The molecular formula is C15H16FNO2. The van der Waals surface area contributed by atoms with Gasteiger partial charge in [-0.05, 0) is 36.8 Å². The molecule has 2 rings (SSSR count). The predicted molar refractivity (Wildman–Crippen MR) is 73.1 cm³/mol. The topological polar surface area (TPSA) is 41.5 Å². The SMILES string of the molecule is COc1ccc(CNc2cc(C)ccc2F)c(O)c1. The average Bonchev–Trinajstić information content (AvgIpc) is 2.40. The Morgan fingerprint density at radius 1 is 1.21 bits per heavy atom. The maximum Gasteiger partial charge on any atom is 0.146 e. The minimum absolute atomic E-state index is 0.125. The number of aryl methyl sites for hydroxylation is 1. The van der Waals surface area contributed by atoms with E-state index in [0.29, 0.717) is 23.5 Å². The highest BCUT2D eigenvalue weighted by Gasteiger charge is 2.05. The van der Waals surface area contributed by atoms with Gasteiger partial charge in [-0.3, -0.25) is 0 Å². The lowest BCUT2D eigenvalue weighted by atomic mass is 10.1. The van der Waals surface area contributed by atoms with Gasteiger partial charge in [-0.2, -0.15) is 0 Å². The molecular weight excluding hydrogens is 245 g/mol. The first kappa shape index (κ1) is 13.2. The van der Waals surface area contributed by atoms with E-state index in [0.717, 1.165) is 5.56 Å². The summed E-state index contributed by atoms with van der Waals surface area (Å²) in [6.45, 7) is 2.24. The second-order valence-corrected chi connectivity index (χ2v) is 4.33. The Kier molecular flexibility index (Phi) is 3.90. The molecule has 0 unspecified atom stereocenters. The van der Waals surface area contributed by atoms with Crippen LogP contribution in [-0.2, 0) is 6.54 Å². The fourth-order valence-corrected chi connectivity index (χ4v) is 1.79. The van der Waals surface area contributed by atoms with Crippen molar-refractivity contribution in [2.75, 3.05) is 12.4 Å². The fourth-order valence-electron chi connectivity index (χ4n) is 1.79. The lowest BCUT2D eigenvalue weighted by Gasteiger charge is -2.10. The summed E-state index contributed by atoms with van der Waals surface area (Å²) in [4.78, 5) is 0. The summed E-state index contributed by atoms with van der Waals surface area (Å²) >= 11 is 0. The average molecular weight is 261 g/mol. The number of anilines is 1. The molecule has 0 radical (unpaired) electrons. The van der Waals surface area contributed by atoms with E-state index in [1.54, 1.807) is 24.3 Å². The number of methoxy groups -OCH3 is 1. The highest BCUT2D eigenvalue weighted by Crippen LogP contribution is 2.25. The zero-order chi connectivity index (χ0) is 13.8. The first-order valence-corrected chi connectivity index (χ1v) is 5.96. The smallest absolute Gasteiger partial charge is 0.146 e. The van der Waals surface area contributed by atoms with Crippen LogP contribution in [0.15, 0.2) is 36.4 Å². The fraction of sp³-hybridized carbons (Fsp3) is 0.200. The molecule has 0 atom stereocenters. The molecule has 0 aliphatic rings. The number of hydrogen-bond donors (Lipinski definition) is 2. The van der Waals surface area contributed by atoms with E-state index in [2.05, 4.69) is 5.32 Å². The minimum atomic E-state index is -0.307. The normalized spacial score (nSPS) is 10.3. The van der Waals surface area contributed by atoms with Crippen LogP contribution in [0.5, 0.6) is 11.5 Å². The molecule has 0 spiro atoms. The van der Waals surface area contributed by atoms with E-state index in [-0.39, 0.29) is 11.6 Å². The summed E-state index contributed by atoms with van der Waals surface area (Å²) in [6.07, 6.45) is 0. The van der Waals surface area contributed by atoms with Crippen molar-refractivity contribution in [1.29, 1.82) is 0 Å². The van der Waals surface area contributed by atoms with Gasteiger partial charge in [0.05, 0.1) is 12.8 Å². The lowest BCUT2D eigenvalue weighted by molar-refractivity contribution is 0.406. The van der Waals surface area contributed by atoms with E-state index in [1.807, 2.05) is 6.92 Å². The highest BCUT2D eigenvalue weighted by atomic mass is 19.1. The first-order valence-electron chi connectivity index (χ1n) is 5.96. The summed E-state index contributed by atoms with van der Waals surface area (Å²) in [7, 11) is 1.54. The van der Waals surface area contributed by atoms with Crippen LogP contribution in [0.2, 0.25) is 0 Å². The number of phenolic OH excluding ortho intramolecular Hbond substituents is 1. The summed E-state index contributed by atoms with van der Waals surface area (Å²) in [5.41, 5.74) is 2.08. The second-order valence-electron chi connectivity index (χ2n) is 4.33. The van der Waals surface area contributed by atoms with Gasteiger partial charge in [0.1, 0.15) is 17.3 Å². The van der Waals surface area contributed by atoms with Crippen LogP contribution >= 0.6 is 0 Å². The van der Waals surface area contributed by atoms with E-state index in [4.69, 9.17) is 4.74 Å². The number of halogens is 1. The molecule has 2 aromatic rings. The van der Waals surface area contributed by atoms with Crippen molar-refractivity contribution < 1.29 is 14.2 Å². The van der Waals surface area contributed by atoms with E-state index >= 15 is 0 Å². The quantitative estimate of drug-likeness (QED) is 0.885. The van der Waals surface area contributed by atoms with Gasteiger partial charge in [0.25, 0.3) is 0 Å². The Morgan fingerprint density at radius 2 is 2.00 bits per heavy atom. The van der Waals surface area contributed by atoms with Crippen LogP contribution in [0.25, 0.3) is 0 Å². The molecule has 0 bridgehead atoms. The van der Waals surface area contributed by atoms with E-state index < -0.39 is 0 Å². The third kappa shape index (κ3) is 3.16. The molecule has 2 N–H and O–H groups in total. The van der Waals surface area contributed by atoms with E-state index in [1.165, 1.54) is 19.2 Å². The molecule has 0 aliphatic heterocycles. The van der Waals surface area contributed by atoms with Gasteiger partial charge in [0.2, 0.25) is 0 Å². The summed E-state index contributed by atoms with van der Waals surface area (Å²) in [5, 5.41) is 12.8. The van der Waals surface area contributed by atoms with Crippen molar-refractivity contribution in [2.24, 2.45) is 0 Å². The van der Waals surface area contributed by atoms with Gasteiger partial charge < -0.3 is 15.2 Å². The highest BCUT2D eigenvalue weighted by molar-refractivity contribution is 5.49. The Morgan fingerprint density at radius 3 is 2.68 bits per heavy atom. The van der Waals surface area contributed by atoms with Crippen LogP contribution < -0.4 is 10.1 Å². The van der Waals surface area contributed by atoms with Gasteiger partial charge in [0, 0.05) is 18.2 Å². The number of hydrogen-bond acceptors (Lipinski definition) is 3. The van der Waals surface area contributed by atoms with Crippen molar-refractivity contribution in [1.82, 2.24) is 0 Å². The summed E-state index contributed by atoms with van der Waals surface area (Å²) in [5.74, 6) is 0.404. The molecule has 0 saturated heterocycles. The molecule has 3 nitrogen and oxygen atoms in total. The van der Waals surface area contributed by atoms with E-state index in [9.17, 15) is 9.50 Å². The standard InChI is InChI=1S/C15H16FNO2/c1-10-3-6-13(16)14(7-10)17-9-11-4-5-12(19-2)8-15(11)18/h3-8,17-18H,9H2,1-2H3. The number of ether oxygens (including phenoxy) is 1. The van der Waals surface area contributed by atoms with Crippen molar-refractivity contribution in [3.63, 3.8) is 0 Å². The van der Waals surface area contributed by atoms with Crippen LogP contribution in [0.3, 0.4) is 0 Å². The van der Waals surface area contributed by atoms with Gasteiger partial charge in [-0.1, -0.05) is 6.07 Å². The van der Waals surface area contributed by atoms with Gasteiger partial charge in [-0.15, -0.1) is 0 Å². The van der Waals surface area contributed by atoms with Crippen LogP contribution in [0.1, 0.15) is 11.1 Å². The lowest BCUT2D eigenvalue weighted by Crippen LogP contribution is -2.02. The molecule has 0 amide bonds. The molecule has 100 valence electrons. The molecule has 0 fully saturated rings. The van der Waals surface area contributed by atoms with Crippen LogP contribution in [0.4, 0.5) is 10.1 Å². The van der Waals surface area contributed by atoms with Crippen molar-refractivity contribution in [3.05, 3.63) is 53.3 Å². The number of nitrogens with one attached hydrogen (secondary N) is 1. The largest absolute Gasteiger partial charge is 0.507 e. The number of phenols is 1. The maximum atomic E-state index is 13.5. The maximum absolute atomic E-state index is 13.5. The van der Waals surface area contributed by atoms with Gasteiger partial charge in [-0.25, -0.2) is 4.39 Å². The minimum Gasteiger partial charge on any atom is -0.507 e. The summed E-state index contributed by atoms with van der Waals surface area (Å²) in [6, 6.07) is 9.90. The zero-order valence-corrected chi connectivity index (χ0v) is 10.9. The molecule has 19 heavy (non-hydrogen) atoms. The molecule has 0 aliphatic carbocycles. The summed E-state index contributed by atoms with van der Waals surface area (Å²) < 4.78 is 18.6. The Bertz CT molecular complexity index is 584. The Balaban J connectivity index is 2.12. The monoisotopic (exact) mass is 261 g/mol. The molecule has 0 heterocycles. The van der Waals surface area contributed by atoms with Crippen molar-refractivity contribution in [2.45, 2.75) is 13.5 Å². The van der Waals surface area contributed by atoms with Crippen molar-refractivity contribution >= 4 is 5.69 Å². The Labute approximate surface area is 111 Å². The molecule has 0 aromatic heterocycles.